The van der Waals surface area contributed by atoms with Gasteiger partial charge in [0.15, 0.2) is 0 Å². The highest BCUT2D eigenvalue weighted by molar-refractivity contribution is 5.69. The Kier molecular flexibility index (Phi) is 7.41. The van der Waals surface area contributed by atoms with Crippen molar-refractivity contribution < 1.29 is 27.4 Å². The SMILES string of the molecule is C=COCCOC(=O)CCCCC(F)(F)F. The Morgan fingerprint density at radius 3 is 2.50 bits per heavy atom. The van der Waals surface area contributed by atoms with Crippen molar-refractivity contribution in [2.24, 2.45) is 0 Å². The lowest BCUT2D eigenvalue weighted by Crippen LogP contribution is -2.10. The number of unbranched alkanes of at least 4 members (excludes halogenated alkanes) is 1. The van der Waals surface area contributed by atoms with Crippen LogP contribution in [0.15, 0.2) is 12.8 Å². The van der Waals surface area contributed by atoms with Gasteiger partial charge in [-0.25, -0.2) is 0 Å². The first-order valence-electron chi connectivity index (χ1n) is 4.90. The van der Waals surface area contributed by atoms with Gasteiger partial charge in [-0.1, -0.05) is 6.58 Å². The summed E-state index contributed by atoms with van der Waals surface area (Å²) in [6, 6.07) is 0. The molecule has 0 fully saturated rings. The molecule has 0 atom stereocenters. The fourth-order valence-electron chi connectivity index (χ4n) is 0.954. The Bertz CT molecular complexity index is 214. The van der Waals surface area contributed by atoms with E-state index < -0.39 is 18.6 Å². The van der Waals surface area contributed by atoms with Crippen LogP contribution in [0.5, 0.6) is 0 Å². The second kappa shape index (κ2) is 8.01. The molecule has 0 heterocycles. The highest BCUT2D eigenvalue weighted by Crippen LogP contribution is 2.22. The van der Waals surface area contributed by atoms with E-state index >= 15 is 0 Å². The minimum absolute atomic E-state index is 0.00414. The largest absolute Gasteiger partial charge is 0.498 e. The molecule has 0 aliphatic rings. The van der Waals surface area contributed by atoms with Gasteiger partial charge < -0.3 is 9.47 Å². The highest BCUT2D eigenvalue weighted by Gasteiger charge is 2.25. The zero-order valence-corrected chi connectivity index (χ0v) is 8.89. The molecule has 0 spiro atoms. The number of rotatable bonds is 8. The molecule has 16 heavy (non-hydrogen) atoms. The summed E-state index contributed by atoms with van der Waals surface area (Å²) in [6.45, 7) is 3.59. The van der Waals surface area contributed by atoms with Gasteiger partial charge in [0.05, 0.1) is 6.26 Å². The van der Waals surface area contributed by atoms with Gasteiger partial charge in [-0.2, -0.15) is 13.2 Å². The Hall–Kier alpha value is -1.20. The van der Waals surface area contributed by atoms with E-state index in [0.29, 0.717) is 0 Å². The van der Waals surface area contributed by atoms with E-state index in [1.54, 1.807) is 0 Å². The van der Waals surface area contributed by atoms with Crippen LogP contribution in [0.25, 0.3) is 0 Å². The van der Waals surface area contributed by atoms with E-state index in [1.807, 2.05) is 0 Å². The molecule has 0 aromatic rings. The van der Waals surface area contributed by atoms with Crippen molar-refractivity contribution in [3.63, 3.8) is 0 Å². The summed E-state index contributed by atoms with van der Waals surface area (Å²) in [4.78, 5) is 10.9. The molecule has 0 rings (SSSR count). The summed E-state index contributed by atoms with van der Waals surface area (Å²) < 4.78 is 44.6. The summed E-state index contributed by atoms with van der Waals surface area (Å²) in [5.74, 6) is -0.505. The molecule has 0 aliphatic heterocycles. The molecule has 0 radical (unpaired) electrons. The fourth-order valence-corrected chi connectivity index (χ4v) is 0.954. The summed E-state index contributed by atoms with van der Waals surface area (Å²) in [5.41, 5.74) is 0. The molecule has 0 aliphatic carbocycles. The van der Waals surface area contributed by atoms with Crippen LogP contribution in [0.2, 0.25) is 0 Å². The van der Waals surface area contributed by atoms with Crippen LogP contribution >= 0.6 is 0 Å². The van der Waals surface area contributed by atoms with E-state index in [2.05, 4.69) is 11.3 Å². The van der Waals surface area contributed by atoms with Crippen LogP contribution in [-0.2, 0) is 14.3 Å². The van der Waals surface area contributed by atoms with Crippen molar-refractivity contribution >= 4 is 5.97 Å². The number of hydrogen-bond acceptors (Lipinski definition) is 3. The average Bonchev–Trinajstić information content (AvgIpc) is 2.18. The fraction of sp³-hybridized carbons (Fsp3) is 0.700. The van der Waals surface area contributed by atoms with Crippen molar-refractivity contribution in [1.29, 1.82) is 0 Å². The van der Waals surface area contributed by atoms with Crippen molar-refractivity contribution in [2.45, 2.75) is 31.9 Å². The first kappa shape index (κ1) is 14.8. The molecule has 0 bridgehead atoms. The normalized spacial score (nSPS) is 10.9. The number of hydrogen-bond donors (Lipinski definition) is 0. The zero-order valence-electron chi connectivity index (χ0n) is 8.89. The predicted molar refractivity (Wildman–Crippen MR) is 51.6 cm³/mol. The van der Waals surface area contributed by atoms with Gasteiger partial charge >= 0.3 is 12.1 Å². The van der Waals surface area contributed by atoms with E-state index in [-0.39, 0.29) is 32.5 Å². The molecular formula is C10H15F3O3. The van der Waals surface area contributed by atoms with Crippen LogP contribution in [0, 0.1) is 0 Å². The van der Waals surface area contributed by atoms with E-state index in [1.165, 1.54) is 6.26 Å². The molecule has 0 saturated heterocycles. The minimum Gasteiger partial charge on any atom is -0.498 e. The summed E-state index contributed by atoms with van der Waals surface area (Å²) >= 11 is 0. The van der Waals surface area contributed by atoms with Crippen molar-refractivity contribution in [1.82, 2.24) is 0 Å². The molecule has 0 aromatic carbocycles. The minimum atomic E-state index is -4.15. The van der Waals surface area contributed by atoms with Gasteiger partial charge in [0.25, 0.3) is 0 Å². The molecule has 0 N–H and O–H groups in total. The number of ether oxygens (including phenoxy) is 2. The van der Waals surface area contributed by atoms with Crippen LogP contribution in [-0.4, -0.2) is 25.4 Å². The molecular weight excluding hydrogens is 225 g/mol. The first-order chi connectivity index (χ1) is 7.45. The van der Waals surface area contributed by atoms with Gasteiger partial charge in [0, 0.05) is 12.8 Å². The van der Waals surface area contributed by atoms with Crippen LogP contribution < -0.4 is 0 Å². The third-order valence-corrected chi connectivity index (χ3v) is 1.67. The Morgan fingerprint density at radius 2 is 1.94 bits per heavy atom. The van der Waals surface area contributed by atoms with Gasteiger partial charge in [0.2, 0.25) is 0 Å². The molecule has 94 valence electrons. The van der Waals surface area contributed by atoms with Crippen LogP contribution in [0.1, 0.15) is 25.7 Å². The van der Waals surface area contributed by atoms with Gasteiger partial charge in [-0.15, -0.1) is 0 Å². The summed E-state index contributed by atoms with van der Waals surface area (Å²) in [5, 5.41) is 0. The molecule has 0 unspecified atom stereocenters. The molecule has 6 heteroatoms. The number of carbonyl (C=O) groups is 1. The maximum absolute atomic E-state index is 11.7. The zero-order chi connectivity index (χ0) is 12.4. The molecule has 0 amide bonds. The summed E-state index contributed by atoms with van der Waals surface area (Å²) in [6.07, 6.45) is -3.66. The number of carbonyl (C=O) groups excluding carboxylic acids is 1. The Labute approximate surface area is 92.2 Å². The smallest absolute Gasteiger partial charge is 0.389 e. The summed E-state index contributed by atoms with van der Waals surface area (Å²) in [7, 11) is 0. The number of esters is 1. The van der Waals surface area contributed by atoms with E-state index in [4.69, 9.17) is 4.74 Å². The first-order valence-corrected chi connectivity index (χ1v) is 4.90. The second-order valence-electron chi connectivity index (χ2n) is 3.08. The van der Waals surface area contributed by atoms with Gasteiger partial charge in [-0.05, 0) is 12.8 Å². The lowest BCUT2D eigenvalue weighted by atomic mass is 10.2. The third kappa shape index (κ3) is 10.9. The van der Waals surface area contributed by atoms with Crippen molar-refractivity contribution in [3.05, 3.63) is 12.8 Å². The maximum atomic E-state index is 11.7. The lowest BCUT2D eigenvalue weighted by molar-refractivity contribution is -0.146. The molecule has 0 saturated carbocycles. The maximum Gasteiger partial charge on any atom is 0.389 e. The lowest BCUT2D eigenvalue weighted by Gasteiger charge is -2.06. The van der Waals surface area contributed by atoms with Crippen LogP contribution in [0.3, 0.4) is 0 Å². The Morgan fingerprint density at radius 1 is 1.25 bits per heavy atom. The average molecular weight is 240 g/mol. The standard InChI is InChI=1S/C10H15F3O3/c1-2-15-7-8-16-9(14)5-3-4-6-10(11,12)13/h2H,1,3-8H2. The number of alkyl halides is 3. The monoisotopic (exact) mass is 240 g/mol. The van der Waals surface area contributed by atoms with Crippen molar-refractivity contribution in [2.75, 3.05) is 13.2 Å². The third-order valence-electron chi connectivity index (χ3n) is 1.67. The Balaban J connectivity index is 3.34. The number of halogens is 3. The second-order valence-corrected chi connectivity index (χ2v) is 3.08. The topological polar surface area (TPSA) is 35.5 Å². The molecule has 3 nitrogen and oxygen atoms in total. The van der Waals surface area contributed by atoms with E-state index in [9.17, 15) is 18.0 Å². The van der Waals surface area contributed by atoms with Crippen LogP contribution in [0.4, 0.5) is 13.2 Å². The van der Waals surface area contributed by atoms with Crippen molar-refractivity contribution in [3.8, 4) is 0 Å². The predicted octanol–water partition coefficient (Wildman–Crippen LogP) is 2.81. The molecule has 0 aromatic heterocycles. The van der Waals surface area contributed by atoms with E-state index in [0.717, 1.165) is 0 Å². The highest BCUT2D eigenvalue weighted by atomic mass is 19.4. The quantitative estimate of drug-likeness (QED) is 0.372. The van der Waals surface area contributed by atoms with Gasteiger partial charge in [0.1, 0.15) is 13.2 Å². The van der Waals surface area contributed by atoms with Gasteiger partial charge in [-0.3, -0.25) is 4.79 Å².